The number of rotatable bonds is 13. The fraction of sp³-hybridized carbons (Fsp3) is 0.281. The van der Waals surface area contributed by atoms with Gasteiger partial charge < -0.3 is 9.47 Å². The lowest BCUT2D eigenvalue weighted by molar-refractivity contribution is 0.0718. The lowest BCUT2D eigenvalue weighted by atomic mass is 9.77. The molecule has 8 aromatic rings. The van der Waals surface area contributed by atoms with E-state index in [1.165, 1.54) is 112 Å². The van der Waals surface area contributed by atoms with Crippen LogP contribution < -0.4 is 9.47 Å². The second kappa shape index (κ2) is 22.0. The van der Waals surface area contributed by atoms with E-state index >= 15 is 8.78 Å². The number of halogens is 4. The van der Waals surface area contributed by atoms with Gasteiger partial charge in [-0.2, -0.15) is 0 Å². The predicted molar refractivity (Wildman–Crippen MR) is 295 cm³/mol. The Morgan fingerprint density at radius 3 is 1.19 bits per heavy atom. The lowest BCUT2D eigenvalue weighted by Gasteiger charge is -2.28. The van der Waals surface area contributed by atoms with Crippen LogP contribution in [0.5, 0.6) is 11.5 Å². The molecule has 0 saturated heterocycles. The molecule has 4 nitrogen and oxygen atoms in total. The Hall–Kier alpha value is -5.96. The molecule has 0 radical (unpaired) electrons. The van der Waals surface area contributed by atoms with Crippen molar-refractivity contribution in [1.82, 2.24) is 0 Å². The van der Waals surface area contributed by atoms with E-state index in [1.807, 2.05) is 36.4 Å². The van der Waals surface area contributed by atoms with Crippen LogP contribution in [0.1, 0.15) is 135 Å². The molecule has 0 spiro atoms. The minimum atomic E-state index is -0.897. The van der Waals surface area contributed by atoms with E-state index in [4.69, 9.17) is 9.47 Å². The highest BCUT2D eigenvalue weighted by atomic mass is 79.9. The van der Waals surface area contributed by atoms with Crippen molar-refractivity contribution in [1.29, 1.82) is 0 Å². The maximum absolute atomic E-state index is 15.4. The summed E-state index contributed by atoms with van der Waals surface area (Å²) in [6, 6.07) is 45.7. The van der Waals surface area contributed by atoms with Crippen LogP contribution in [-0.4, -0.2) is 11.9 Å². The first kappa shape index (κ1) is 49.6. The molecule has 366 valence electrons. The number of carbonyl (C=O) groups is 2. The first-order valence-electron chi connectivity index (χ1n) is 25.7. The molecule has 8 heteroatoms. The van der Waals surface area contributed by atoms with E-state index in [-0.39, 0.29) is 22.6 Å². The van der Waals surface area contributed by atoms with Gasteiger partial charge in [-0.3, -0.25) is 0 Å². The Kier molecular flexibility index (Phi) is 15.2. The van der Waals surface area contributed by atoms with Gasteiger partial charge in [0.25, 0.3) is 0 Å². The second-order valence-corrected chi connectivity index (χ2v) is 21.9. The van der Waals surface area contributed by atoms with Crippen molar-refractivity contribution in [3.8, 4) is 44.9 Å². The molecule has 0 aliphatic heterocycles. The largest absolute Gasteiger partial charge is 0.422 e. The van der Waals surface area contributed by atoms with Crippen LogP contribution in [0, 0.1) is 23.5 Å². The van der Waals surface area contributed by atoms with Gasteiger partial charge >= 0.3 is 11.9 Å². The second-order valence-electron chi connectivity index (χ2n) is 20.0. The topological polar surface area (TPSA) is 52.6 Å². The molecule has 2 aliphatic carbocycles. The van der Waals surface area contributed by atoms with Crippen LogP contribution in [0.25, 0.3) is 54.9 Å². The monoisotopic (exact) mass is 1090 g/mol. The Morgan fingerprint density at radius 1 is 0.458 bits per heavy atom. The fourth-order valence-electron chi connectivity index (χ4n) is 11.6. The molecular formula is C64H58Br2F2O4. The molecular weight excluding hydrogens is 1030 g/mol. The van der Waals surface area contributed by atoms with Crippen molar-refractivity contribution in [2.24, 2.45) is 11.8 Å². The van der Waals surface area contributed by atoms with Crippen LogP contribution in [0.4, 0.5) is 8.78 Å². The van der Waals surface area contributed by atoms with E-state index in [1.54, 1.807) is 24.3 Å². The average Bonchev–Trinajstić information content (AvgIpc) is 3.39. The van der Waals surface area contributed by atoms with Gasteiger partial charge in [0, 0.05) is 20.1 Å². The van der Waals surface area contributed by atoms with E-state index in [0.717, 1.165) is 44.9 Å². The summed E-state index contributed by atoms with van der Waals surface area (Å²) in [6.45, 7) is 4.56. The van der Waals surface area contributed by atoms with Crippen LogP contribution in [-0.2, 0) is 0 Å². The average molecular weight is 1090 g/mol. The molecule has 0 N–H and O–H groups in total. The van der Waals surface area contributed by atoms with Crippen molar-refractivity contribution >= 4 is 65.3 Å². The summed E-state index contributed by atoms with van der Waals surface area (Å²) < 4.78 is 44.2. The normalized spacial score (nSPS) is 18.0. The summed E-state index contributed by atoms with van der Waals surface area (Å²) in [6.07, 6.45) is 15.2. The molecule has 10 rings (SSSR count). The maximum Gasteiger partial charge on any atom is 0.346 e. The highest BCUT2D eigenvalue weighted by Gasteiger charge is 2.27. The smallest absolute Gasteiger partial charge is 0.346 e. The zero-order chi connectivity index (χ0) is 49.9. The molecule has 72 heavy (non-hydrogen) atoms. The molecule has 2 fully saturated rings. The molecule has 0 bridgehead atoms. The first-order valence-corrected chi connectivity index (χ1v) is 27.3. The zero-order valence-electron chi connectivity index (χ0n) is 40.8. The highest BCUT2D eigenvalue weighted by molar-refractivity contribution is 9.10. The molecule has 2 aliphatic rings. The summed E-state index contributed by atoms with van der Waals surface area (Å²) in [7, 11) is 0. The van der Waals surface area contributed by atoms with Gasteiger partial charge in [0.05, 0.1) is 11.1 Å². The third-order valence-corrected chi connectivity index (χ3v) is 16.4. The number of fused-ring (bicyclic) bond motifs is 2. The van der Waals surface area contributed by atoms with Crippen LogP contribution in [0.15, 0.2) is 155 Å². The molecule has 0 amide bonds. The lowest BCUT2D eigenvalue weighted by Crippen LogP contribution is -2.13. The van der Waals surface area contributed by atoms with E-state index in [2.05, 4.69) is 106 Å². The first-order chi connectivity index (χ1) is 35.0. The quantitative estimate of drug-likeness (QED) is 0.0853. The fourth-order valence-corrected chi connectivity index (χ4v) is 12.2. The number of hydrogen-bond acceptors (Lipinski definition) is 4. The van der Waals surface area contributed by atoms with Crippen molar-refractivity contribution in [2.75, 3.05) is 0 Å². The number of carbonyl (C=O) groups excluding carboxylic acids is 2. The molecule has 8 aromatic carbocycles. The summed E-state index contributed by atoms with van der Waals surface area (Å²) in [4.78, 5) is 28.1. The van der Waals surface area contributed by atoms with Crippen LogP contribution in [0.3, 0.4) is 0 Å². The molecule has 0 aromatic heterocycles. The Labute approximate surface area is 438 Å². The maximum atomic E-state index is 15.4. The van der Waals surface area contributed by atoms with Crippen molar-refractivity contribution < 1.29 is 27.8 Å². The van der Waals surface area contributed by atoms with Gasteiger partial charge in [0.2, 0.25) is 0 Å². The zero-order valence-corrected chi connectivity index (χ0v) is 44.0. The van der Waals surface area contributed by atoms with Crippen molar-refractivity contribution in [2.45, 2.75) is 103 Å². The number of benzene rings is 8. The van der Waals surface area contributed by atoms with Crippen LogP contribution >= 0.6 is 31.9 Å². The van der Waals surface area contributed by atoms with Crippen molar-refractivity contribution in [3.63, 3.8) is 0 Å². The summed E-state index contributed by atoms with van der Waals surface area (Å²) in [5.41, 5.74) is 7.33. The molecule has 2 saturated carbocycles. The highest BCUT2D eigenvalue weighted by Crippen LogP contribution is 2.48. The van der Waals surface area contributed by atoms with E-state index in [9.17, 15) is 9.59 Å². The van der Waals surface area contributed by atoms with Gasteiger partial charge in [-0.05, 0) is 191 Å². The van der Waals surface area contributed by atoms with Gasteiger partial charge in [-0.25, -0.2) is 18.4 Å². The van der Waals surface area contributed by atoms with Gasteiger partial charge in [-0.1, -0.05) is 156 Å². The molecule has 0 unspecified atom stereocenters. The number of hydrogen-bond donors (Lipinski definition) is 0. The summed E-state index contributed by atoms with van der Waals surface area (Å²) in [5.74, 6) is -0.190. The Bertz CT molecular complexity index is 3060. The minimum Gasteiger partial charge on any atom is -0.422 e. The van der Waals surface area contributed by atoms with Gasteiger partial charge in [0.15, 0.2) is 0 Å². The Balaban J connectivity index is 1.08. The predicted octanol–water partition coefficient (Wildman–Crippen LogP) is 19.4. The SMILES string of the molecule is CCC[C@H]1CC[C@H](c2ccc(-c3ccc4c(-c5c(OC(=O)c6ccc(Br)cc6F)ccc6cc(-c7ccc([C@H]8CC[C@H](CCC)CC8)cc7)ccc56)c(OC(=O)c5ccc(Br)cc5F)ccc4c3)cc2)CC1. The Morgan fingerprint density at radius 2 is 0.833 bits per heavy atom. The number of ether oxygens (including phenoxy) is 2. The van der Waals surface area contributed by atoms with Gasteiger partial charge in [-0.15, -0.1) is 0 Å². The van der Waals surface area contributed by atoms with Gasteiger partial charge in [0.1, 0.15) is 23.1 Å². The minimum absolute atomic E-state index is 0.128. The summed E-state index contributed by atoms with van der Waals surface area (Å²) in [5, 5.41) is 3.06. The number of esters is 2. The third kappa shape index (κ3) is 10.7. The van der Waals surface area contributed by atoms with Crippen LogP contribution in [0.2, 0.25) is 0 Å². The molecule has 0 atom stereocenters. The third-order valence-electron chi connectivity index (χ3n) is 15.4. The van der Waals surface area contributed by atoms with E-state index < -0.39 is 23.6 Å². The molecule has 0 heterocycles. The van der Waals surface area contributed by atoms with E-state index in [0.29, 0.717) is 42.7 Å². The van der Waals surface area contributed by atoms with Crippen molar-refractivity contribution in [3.05, 3.63) is 188 Å². The summed E-state index contributed by atoms with van der Waals surface area (Å²) >= 11 is 6.59. The standard InChI is InChI=1S/C64H58Br2F2O4/c1-3-5-39-7-11-41(12-8-39)43-15-19-45(20-16-43)47-23-29-53-49(35-47)25-33-59(71-63(69)55-31-27-51(65)37-57(55)67)61(53)62-54-30-24-48(46-21-17-44(18-22-46)42-13-9-40(6-4-2)10-14-42)36-50(54)26-34-60(62)72-64(70)56-32-28-52(66)38-58(56)68/h15-42H,3-14H2,1-2H3/t39-,40-,41-,42-.